The van der Waals surface area contributed by atoms with E-state index in [1.54, 1.807) is 23.6 Å². The fraction of sp³-hybridized carbons (Fsp3) is 0.118. The van der Waals surface area contributed by atoms with Crippen molar-refractivity contribution < 1.29 is 9.90 Å². The highest BCUT2D eigenvalue weighted by atomic mass is 16.4. The number of carboxylic acid groups (broad SMARTS) is 1. The van der Waals surface area contributed by atoms with Crippen LogP contribution in [0.5, 0.6) is 0 Å². The summed E-state index contributed by atoms with van der Waals surface area (Å²) in [6, 6.07) is 14.0. The van der Waals surface area contributed by atoms with Gasteiger partial charge in [-0.25, -0.2) is 9.78 Å². The number of rotatable bonds is 3. The Hall–Kier alpha value is -2.95. The Balaban J connectivity index is 2.15. The molecule has 1 heterocycles. The highest BCUT2D eigenvalue weighted by Crippen LogP contribution is 2.13. The molecule has 5 nitrogen and oxygen atoms in total. The Labute approximate surface area is 126 Å². The highest BCUT2D eigenvalue weighted by Gasteiger charge is 2.09. The molecule has 22 heavy (non-hydrogen) atoms. The zero-order chi connectivity index (χ0) is 15.7. The minimum absolute atomic E-state index is 0.167. The second kappa shape index (κ2) is 5.44. The Kier molecular flexibility index (Phi) is 3.47. The summed E-state index contributed by atoms with van der Waals surface area (Å²) < 4.78 is 1.62. The van der Waals surface area contributed by atoms with Crippen molar-refractivity contribution in [3.8, 4) is 0 Å². The van der Waals surface area contributed by atoms with Crippen LogP contribution in [0.25, 0.3) is 11.0 Å². The van der Waals surface area contributed by atoms with Crippen molar-refractivity contribution in [2.45, 2.75) is 13.5 Å². The number of nitrogens with zero attached hydrogens (tertiary/aromatic N) is 2. The molecule has 0 unspecified atom stereocenters. The number of hydrogen-bond acceptors (Lipinski definition) is 3. The lowest BCUT2D eigenvalue weighted by Crippen LogP contribution is -2.24. The summed E-state index contributed by atoms with van der Waals surface area (Å²) in [4.78, 5) is 27.7. The van der Waals surface area contributed by atoms with Crippen LogP contribution >= 0.6 is 0 Å². The van der Waals surface area contributed by atoms with Crippen LogP contribution < -0.4 is 5.56 Å². The number of para-hydroxylation sites is 2. The Morgan fingerprint density at radius 1 is 1.18 bits per heavy atom. The summed E-state index contributed by atoms with van der Waals surface area (Å²) in [5.74, 6) is -0.982. The van der Waals surface area contributed by atoms with Gasteiger partial charge in [0.05, 0.1) is 23.1 Å². The standard InChI is InChI=1S/C17H14N2O3/c1-11-16(20)19(15-8-3-2-7-14(15)18-11)10-12-5-4-6-13(9-12)17(21)22/h2-9H,10H2,1H3,(H,21,22). The summed E-state index contributed by atoms with van der Waals surface area (Å²) in [6.45, 7) is 1.99. The van der Waals surface area contributed by atoms with Crippen molar-refractivity contribution in [2.24, 2.45) is 0 Å². The second-order valence-corrected chi connectivity index (χ2v) is 5.08. The third-order valence-electron chi connectivity index (χ3n) is 3.53. The Morgan fingerprint density at radius 3 is 2.73 bits per heavy atom. The molecule has 0 amide bonds. The summed E-state index contributed by atoms with van der Waals surface area (Å²) in [7, 11) is 0. The van der Waals surface area contributed by atoms with E-state index in [4.69, 9.17) is 5.11 Å². The van der Waals surface area contributed by atoms with Crippen LogP contribution in [0.3, 0.4) is 0 Å². The lowest BCUT2D eigenvalue weighted by Gasteiger charge is -2.11. The van der Waals surface area contributed by atoms with Crippen LogP contribution in [-0.2, 0) is 6.54 Å². The average Bonchev–Trinajstić information content (AvgIpc) is 2.52. The van der Waals surface area contributed by atoms with Crippen molar-refractivity contribution in [1.29, 1.82) is 0 Å². The molecule has 0 fully saturated rings. The molecule has 0 aliphatic rings. The molecule has 0 bridgehead atoms. The molecule has 0 saturated heterocycles. The van der Waals surface area contributed by atoms with Crippen LogP contribution in [-0.4, -0.2) is 20.6 Å². The molecular weight excluding hydrogens is 280 g/mol. The zero-order valence-electron chi connectivity index (χ0n) is 12.0. The first-order valence-electron chi connectivity index (χ1n) is 6.84. The fourth-order valence-corrected chi connectivity index (χ4v) is 2.46. The van der Waals surface area contributed by atoms with Gasteiger partial charge in [0.15, 0.2) is 0 Å². The molecule has 3 rings (SSSR count). The topological polar surface area (TPSA) is 72.2 Å². The highest BCUT2D eigenvalue weighted by molar-refractivity contribution is 5.87. The second-order valence-electron chi connectivity index (χ2n) is 5.08. The predicted octanol–water partition coefficient (Wildman–Crippen LogP) is 2.45. The van der Waals surface area contributed by atoms with Crippen LogP contribution in [0.2, 0.25) is 0 Å². The van der Waals surface area contributed by atoms with Gasteiger partial charge >= 0.3 is 5.97 Å². The van der Waals surface area contributed by atoms with E-state index in [-0.39, 0.29) is 11.1 Å². The zero-order valence-corrected chi connectivity index (χ0v) is 12.0. The molecule has 0 radical (unpaired) electrons. The third-order valence-corrected chi connectivity index (χ3v) is 3.53. The lowest BCUT2D eigenvalue weighted by molar-refractivity contribution is 0.0696. The van der Waals surface area contributed by atoms with Crippen molar-refractivity contribution in [3.63, 3.8) is 0 Å². The average molecular weight is 294 g/mol. The molecule has 0 aliphatic carbocycles. The maximum Gasteiger partial charge on any atom is 0.335 e. The normalized spacial score (nSPS) is 10.8. The quantitative estimate of drug-likeness (QED) is 0.805. The van der Waals surface area contributed by atoms with Gasteiger partial charge < -0.3 is 9.67 Å². The van der Waals surface area contributed by atoms with E-state index in [9.17, 15) is 9.59 Å². The van der Waals surface area contributed by atoms with Crippen molar-refractivity contribution in [1.82, 2.24) is 9.55 Å². The van der Waals surface area contributed by atoms with Crippen molar-refractivity contribution in [2.75, 3.05) is 0 Å². The number of carbonyl (C=O) groups is 1. The molecule has 1 N–H and O–H groups in total. The van der Waals surface area contributed by atoms with Crippen molar-refractivity contribution >= 4 is 17.0 Å². The number of aromatic nitrogens is 2. The molecule has 0 atom stereocenters. The van der Waals surface area contributed by atoms with Crippen LogP contribution in [0.4, 0.5) is 0 Å². The smallest absolute Gasteiger partial charge is 0.335 e. The molecule has 1 aromatic heterocycles. The molecule has 0 saturated carbocycles. The van der Waals surface area contributed by atoms with E-state index in [1.807, 2.05) is 30.3 Å². The van der Waals surface area contributed by atoms with E-state index in [0.717, 1.165) is 16.6 Å². The molecular formula is C17H14N2O3. The lowest BCUT2D eigenvalue weighted by atomic mass is 10.1. The van der Waals surface area contributed by atoms with Gasteiger partial charge in [-0.05, 0) is 36.8 Å². The van der Waals surface area contributed by atoms with E-state index in [2.05, 4.69) is 4.98 Å². The largest absolute Gasteiger partial charge is 0.478 e. The molecule has 3 aromatic rings. The SMILES string of the molecule is Cc1nc2ccccc2n(Cc2cccc(C(=O)O)c2)c1=O. The Morgan fingerprint density at radius 2 is 1.95 bits per heavy atom. The van der Waals surface area contributed by atoms with E-state index < -0.39 is 5.97 Å². The number of aromatic carboxylic acids is 1. The third kappa shape index (κ3) is 2.48. The van der Waals surface area contributed by atoms with Gasteiger partial charge in [-0.1, -0.05) is 24.3 Å². The number of benzene rings is 2. The van der Waals surface area contributed by atoms with Crippen molar-refractivity contribution in [3.05, 3.63) is 75.7 Å². The summed E-state index contributed by atoms with van der Waals surface area (Å²) >= 11 is 0. The van der Waals surface area contributed by atoms with Gasteiger partial charge in [0.25, 0.3) is 5.56 Å². The number of aryl methyl sites for hydroxylation is 1. The summed E-state index contributed by atoms with van der Waals surface area (Å²) in [5.41, 5.74) is 2.71. The minimum atomic E-state index is -0.982. The first-order chi connectivity index (χ1) is 10.6. The van der Waals surface area contributed by atoms with Gasteiger partial charge in [-0.3, -0.25) is 4.79 Å². The van der Waals surface area contributed by atoms with Gasteiger partial charge in [0.1, 0.15) is 5.69 Å². The summed E-state index contributed by atoms with van der Waals surface area (Å²) in [6.07, 6.45) is 0. The minimum Gasteiger partial charge on any atom is -0.478 e. The number of carboxylic acids is 1. The fourth-order valence-electron chi connectivity index (χ4n) is 2.46. The van der Waals surface area contributed by atoms with Crippen LogP contribution in [0.1, 0.15) is 21.6 Å². The maximum atomic E-state index is 12.4. The monoisotopic (exact) mass is 294 g/mol. The van der Waals surface area contributed by atoms with E-state index in [0.29, 0.717) is 12.2 Å². The molecule has 110 valence electrons. The maximum absolute atomic E-state index is 12.4. The first kappa shape index (κ1) is 14.0. The molecule has 0 aliphatic heterocycles. The number of fused-ring (bicyclic) bond motifs is 1. The van der Waals surface area contributed by atoms with Crippen LogP contribution in [0, 0.1) is 6.92 Å². The summed E-state index contributed by atoms with van der Waals surface area (Å²) in [5, 5.41) is 9.07. The first-order valence-corrected chi connectivity index (χ1v) is 6.84. The molecule has 2 aromatic carbocycles. The van der Waals surface area contributed by atoms with E-state index >= 15 is 0 Å². The van der Waals surface area contributed by atoms with Gasteiger partial charge in [0, 0.05) is 0 Å². The van der Waals surface area contributed by atoms with Gasteiger partial charge in [-0.15, -0.1) is 0 Å². The Bertz CT molecular complexity index is 929. The molecule has 0 spiro atoms. The van der Waals surface area contributed by atoms with Gasteiger partial charge in [0.2, 0.25) is 0 Å². The predicted molar refractivity (Wildman–Crippen MR) is 83.2 cm³/mol. The van der Waals surface area contributed by atoms with Gasteiger partial charge in [-0.2, -0.15) is 0 Å². The number of hydrogen-bond donors (Lipinski definition) is 1. The van der Waals surface area contributed by atoms with E-state index in [1.165, 1.54) is 6.07 Å². The van der Waals surface area contributed by atoms with Crippen LogP contribution in [0.15, 0.2) is 53.3 Å². The molecule has 5 heteroatoms.